The maximum Gasteiger partial charge on any atom is 0.271 e. The Morgan fingerprint density at radius 1 is 0.967 bits per heavy atom. The van der Waals surface area contributed by atoms with Gasteiger partial charge in [0.05, 0.1) is 12.8 Å². The van der Waals surface area contributed by atoms with Crippen molar-refractivity contribution in [2.24, 2.45) is 5.10 Å². The molecule has 0 atom stereocenters. The fourth-order valence-electron chi connectivity index (χ4n) is 2.59. The number of hydrazone groups is 1. The van der Waals surface area contributed by atoms with E-state index in [-0.39, 0.29) is 0 Å². The van der Waals surface area contributed by atoms with Crippen molar-refractivity contribution < 1.29 is 18.7 Å². The molecule has 0 aliphatic carbocycles. The molecule has 3 rings (SSSR count). The first-order chi connectivity index (χ1) is 14.5. The van der Waals surface area contributed by atoms with Crippen molar-refractivity contribution in [2.75, 3.05) is 11.9 Å². The quantitative estimate of drug-likeness (QED) is 0.456. The predicted octanol–water partition coefficient (Wildman–Crippen LogP) is 4.24. The third kappa shape index (κ3) is 5.75. The number of anilines is 1. The van der Waals surface area contributed by atoms with Crippen molar-refractivity contribution in [1.82, 2.24) is 5.43 Å². The third-order valence-corrected chi connectivity index (χ3v) is 4.06. The number of nitrogens with zero attached hydrogens (tertiary/aromatic N) is 1. The van der Waals surface area contributed by atoms with Crippen molar-refractivity contribution in [2.45, 2.75) is 6.92 Å². The van der Waals surface area contributed by atoms with E-state index in [1.807, 2.05) is 31.2 Å². The summed E-state index contributed by atoms with van der Waals surface area (Å²) in [5.74, 6) is -0.481. The van der Waals surface area contributed by atoms with Gasteiger partial charge in [-0.2, -0.15) is 5.10 Å². The molecule has 2 N–H and O–H groups in total. The maximum absolute atomic E-state index is 13.0. The van der Waals surface area contributed by atoms with Gasteiger partial charge < -0.3 is 10.1 Å². The van der Waals surface area contributed by atoms with Gasteiger partial charge in [-0.25, -0.2) is 9.82 Å². The number of hydrogen-bond acceptors (Lipinski definition) is 4. The van der Waals surface area contributed by atoms with Crippen LogP contribution in [0, 0.1) is 5.82 Å². The summed E-state index contributed by atoms with van der Waals surface area (Å²) >= 11 is 0. The van der Waals surface area contributed by atoms with Crippen molar-refractivity contribution >= 4 is 23.7 Å². The molecule has 7 heteroatoms. The van der Waals surface area contributed by atoms with E-state index in [0.29, 0.717) is 23.4 Å². The Kier molecular flexibility index (Phi) is 6.89. The molecular formula is C23H20FN3O3. The predicted molar refractivity (Wildman–Crippen MR) is 113 cm³/mol. The molecule has 0 unspecified atom stereocenters. The molecule has 0 bridgehead atoms. The Morgan fingerprint density at radius 2 is 1.70 bits per heavy atom. The van der Waals surface area contributed by atoms with Crippen LogP contribution in [0.25, 0.3) is 0 Å². The van der Waals surface area contributed by atoms with Gasteiger partial charge in [-0.3, -0.25) is 9.59 Å². The van der Waals surface area contributed by atoms with Gasteiger partial charge in [0.15, 0.2) is 0 Å². The van der Waals surface area contributed by atoms with Crippen LogP contribution < -0.4 is 15.5 Å². The van der Waals surface area contributed by atoms with E-state index in [1.54, 1.807) is 18.2 Å². The Bertz CT molecular complexity index is 1050. The second-order valence-electron chi connectivity index (χ2n) is 6.24. The van der Waals surface area contributed by atoms with Crippen LogP contribution >= 0.6 is 0 Å². The highest BCUT2D eigenvalue weighted by Crippen LogP contribution is 2.13. The van der Waals surface area contributed by atoms with Crippen LogP contribution in [-0.4, -0.2) is 24.6 Å². The molecule has 0 fully saturated rings. The normalized spacial score (nSPS) is 10.6. The Hall–Kier alpha value is -4.00. The molecule has 0 aliphatic heterocycles. The topological polar surface area (TPSA) is 79.8 Å². The molecule has 30 heavy (non-hydrogen) atoms. The SMILES string of the molecule is CCOc1ccc(C=NNC(=O)c2cccc(NC(=O)c3ccc(F)cc3)c2)cc1. The van der Waals surface area contributed by atoms with Gasteiger partial charge in [0.1, 0.15) is 11.6 Å². The number of carbonyl (C=O) groups is 2. The third-order valence-electron chi connectivity index (χ3n) is 4.06. The summed E-state index contributed by atoms with van der Waals surface area (Å²) in [4.78, 5) is 24.6. The molecule has 3 aromatic carbocycles. The van der Waals surface area contributed by atoms with Crippen LogP contribution in [0.2, 0.25) is 0 Å². The minimum absolute atomic E-state index is 0.311. The van der Waals surface area contributed by atoms with Crippen LogP contribution in [0.4, 0.5) is 10.1 Å². The first-order valence-electron chi connectivity index (χ1n) is 9.28. The molecule has 0 saturated heterocycles. The van der Waals surface area contributed by atoms with Gasteiger partial charge in [-0.15, -0.1) is 0 Å². The Labute approximate surface area is 173 Å². The second kappa shape index (κ2) is 9.97. The molecule has 152 valence electrons. The summed E-state index contributed by atoms with van der Waals surface area (Å²) in [6.07, 6.45) is 1.52. The van der Waals surface area contributed by atoms with E-state index in [4.69, 9.17) is 4.74 Å². The Morgan fingerprint density at radius 3 is 2.40 bits per heavy atom. The lowest BCUT2D eigenvalue weighted by Crippen LogP contribution is -2.18. The standard InChI is InChI=1S/C23H20FN3O3/c1-2-30-21-12-6-16(7-13-21)15-25-27-23(29)18-4-3-5-20(14-18)26-22(28)17-8-10-19(24)11-9-17/h3-15H,2H2,1H3,(H,26,28)(H,27,29). The van der Waals surface area contributed by atoms with Crippen LogP contribution in [0.5, 0.6) is 5.75 Å². The molecule has 2 amide bonds. The highest BCUT2D eigenvalue weighted by Gasteiger charge is 2.09. The molecule has 0 spiro atoms. The summed E-state index contributed by atoms with van der Waals surface area (Å²) < 4.78 is 18.4. The maximum atomic E-state index is 13.0. The lowest BCUT2D eigenvalue weighted by atomic mass is 10.1. The van der Waals surface area contributed by atoms with Crippen molar-refractivity contribution in [3.63, 3.8) is 0 Å². The molecule has 0 radical (unpaired) electrons. The molecule has 6 nitrogen and oxygen atoms in total. The van der Waals surface area contributed by atoms with Crippen molar-refractivity contribution in [3.05, 3.63) is 95.3 Å². The molecule has 0 aromatic heterocycles. The van der Waals surface area contributed by atoms with Gasteiger partial charge in [0.2, 0.25) is 0 Å². The van der Waals surface area contributed by atoms with E-state index in [2.05, 4.69) is 15.8 Å². The molecular weight excluding hydrogens is 385 g/mol. The van der Waals surface area contributed by atoms with Gasteiger partial charge in [-0.1, -0.05) is 6.07 Å². The fourth-order valence-corrected chi connectivity index (χ4v) is 2.59. The van der Waals surface area contributed by atoms with Crippen LogP contribution in [0.1, 0.15) is 33.2 Å². The summed E-state index contributed by atoms with van der Waals surface area (Å²) in [5, 5.41) is 6.63. The zero-order valence-electron chi connectivity index (χ0n) is 16.3. The molecule has 0 saturated carbocycles. The van der Waals surface area contributed by atoms with Gasteiger partial charge in [0.25, 0.3) is 11.8 Å². The molecule has 0 aliphatic rings. The number of carbonyl (C=O) groups excluding carboxylic acids is 2. The minimum atomic E-state index is -0.421. The van der Waals surface area contributed by atoms with E-state index in [0.717, 1.165) is 11.3 Å². The first kappa shape index (κ1) is 20.7. The highest BCUT2D eigenvalue weighted by molar-refractivity contribution is 6.05. The minimum Gasteiger partial charge on any atom is -0.494 e. The lowest BCUT2D eigenvalue weighted by molar-refractivity contribution is 0.0953. The van der Waals surface area contributed by atoms with Crippen LogP contribution in [0.3, 0.4) is 0 Å². The van der Waals surface area contributed by atoms with E-state index in [1.165, 1.54) is 36.5 Å². The van der Waals surface area contributed by atoms with Crippen LogP contribution in [0.15, 0.2) is 77.9 Å². The summed E-state index contributed by atoms with van der Waals surface area (Å²) in [6.45, 7) is 2.50. The molecule has 3 aromatic rings. The second-order valence-corrected chi connectivity index (χ2v) is 6.24. The number of rotatable bonds is 7. The number of ether oxygens (including phenoxy) is 1. The summed E-state index contributed by atoms with van der Waals surface area (Å²) in [6, 6.07) is 18.9. The van der Waals surface area contributed by atoms with Gasteiger partial charge in [0, 0.05) is 16.8 Å². The van der Waals surface area contributed by atoms with E-state index in [9.17, 15) is 14.0 Å². The van der Waals surface area contributed by atoms with Gasteiger partial charge in [-0.05, 0) is 79.2 Å². The number of nitrogens with one attached hydrogen (secondary N) is 2. The van der Waals surface area contributed by atoms with E-state index < -0.39 is 17.6 Å². The first-order valence-corrected chi connectivity index (χ1v) is 9.28. The zero-order chi connectivity index (χ0) is 21.3. The number of benzene rings is 3. The lowest BCUT2D eigenvalue weighted by Gasteiger charge is -2.07. The highest BCUT2D eigenvalue weighted by atomic mass is 19.1. The largest absolute Gasteiger partial charge is 0.494 e. The monoisotopic (exact) mass is 405 g/mol. The number of halogens is 1. The average molecular weight is 405 g/mol. The number of hydrogen-bond donors (Lipinski definition) is 2. The van der Waals surface area contributed by atoms with Crippen molar-refractivity contribution in [3.8, 4) is 5.75 Å². The van der Waals surface area contributed by atoms with Gasteiger partial charge >= 0.3 is 0 Å². The molecule has 0 heterocycles. The number of amides is 2. The van der Waals surface area contributed by atoms with Crippen molar-refractivity contribution in [1.29, 1.82) is 0 Å². The Balaban J connectivity index is 1.59. The summed E-state index contributed by atoms with van der Waals surface area (Å²) in [7, 11) is 0. The summed E-state index contributed by atoms with van der Waals surface area (Å²) in [5.41, 5.74) is 4.33. The fraction of sp³-hybridized carbons (Fsp3) is 0.0870. The average Bonchev–Trinajstić information content (AvgIpc) is 2.76. The zero-order valence-corrected chi connectivity index (χ0v) is 16.3. The van der Waals surface area contributed by atoms with Crippen LogP contribution in [-0.2, 0) is 0 Å². The smallest absolute Gasteiger partial charge is 0.271 e. The van der Waals surface area contributed by atoms with E-state index >= 15 is 0 Å².